The molecule has 2 aromatic carbocycles. The van der Waals surface area contributed by atoms with Crippen LogP contribution in [0.4, 0.5) is 0 Å². The van der Waals surface area contributed by atoms with Crippen LogP contribution >= 0.6 is 0 Å². The van der Waals surface area contributed by atoms with Gasteiger partial charge >= 0.3 is 5.97 Å². The fourth-order valence-electron chi connectivity index (χ4n) is 3.92. The summed E-state index contributed by atoms with van der Waals surface area (Å²) in [7, 11) is 1.51. The summed E-state index contributed by atoms with van der Waals surface area (Å²) in [5.74, 6) is -0.108. The second-order valence-corrected chi connectivity index (χ2v) is 6.94. The molecule has 0 aliphatic carbocycles. The monoisotopic (exact) mass is 404 g/mol. The summed E-state index contributed by atoms with van der Waals surface area (Å²) in [5, 5.41) is 10.6. The van der Waals surface area contributed by atoms with Crippen LogP contribution in [0, 0.1) is 0 Å². The molecule has 0 fully saturated rings. The Hall–Kier alpha value is -4.00. The fourth-order valence-corrected chi connectivity index (χ4v) is 3.92. The minimum Gasteiger partial charge on any atom is -0.507 e. The molecule has 0 unspecified atom stereocenters. The Labute approximate surface area is 170 Å². The summed E-state index contributed by atoms with van der Waals surface area (Å²) in [6.07, 6.45) is 2.86. The number of carbonyl (C=O) groups is 1. The zero-order valence-electron chi connectivity index (χ0n) is 15.9. The molecule has 7 heteroatoms. The lowest BCUT2D eigenvalue weighted by molar-refractivity contribution is -0.135. The molecular weight excluding hydrogens is 388 g/mol. The molecule has 4 aromatic rings. The van der Waals surface area contributed by atoms with Crippen molar-refractivity contribution in [2.75, 3.05) is 7.11 Å². The van der Waals surface area contributed by atoms with E-state index in [0.29, 0.717) is 22.6 Å². The van der Waals surface area contributed by atoms with Crippen molar-refractivity contribution in [3.8, 4) is 28.4 Å². The average molecular weight is 404 g/mol. The predicted octanol–water partition coefficient (Wildman–Crippen LogP) is 4.21. The number of carbonyl (C=O) groups excluding carboxylic acids is 1. The van der Waals surface area contributed by atoms with Gasteiger partial charge in [-0.05, 0) is 18.2 Å². The van der Waals surface area contributed by atoms with Crippen molar-refractivity contribution in [3.63, 3.8) is 0 Å². The predicted molar refractivity (Wildman–Crippen MR) is 107 cm³/mol. The number of esters is 1. The van der Waals surface area contributed by atoms with Crippen LogP contribution in [0.3, 0.4) is 0 Å². The van der Waals surface area contributed by atoms with E-state index >= 15 is 0 Å². The van der Waals surface area contributed by atoms with Crippen LogP contribution in [0.1, 0.15) is 23.7 Å². The molecular formula is C23H16O7. The number of ether oxygens (including phenoxy) is 2. The molecule has 0 saturated heterocycles. The zero-order chi connectivity index (χ0) is 20.8. The summed E-state index contributed by atoms with van der Waals surface area (Å²) in [4.78, 5) is 25.5. The number of benzene rings is 2. The molecule has 30 heavy (non-hydrogen) atoms. The number of aromatic hydroxyl groups is 1. The van der Waals surface area contributed by atoms with E-state index in [9.17, 15) is 14.7 Å². The minimum atomic E-state index is -0.500. The van der Waals surface area contributed by atoms with Gasteiger partial charge < -0.3 is 23.4 Å². The zero-order valence-corrected chi connectivity index (χ0v) is 15.9. The molecule has 1 N–H and O–H groups in total. The highest BCUT2D eigenvalue weighted by atomic mass is 16.5. The molecule has 2 aromatic heterocycles. The normalized spacial score (nSPS) is 15.6. The third-order valence-corrected chi connectivity index (χ3v) is 5.25. The number of methoxy groups -OCH3 is 1. The van der Waals surface area contributed by atoms with Gasteiger partial charge in [-0.15, -0.1) is 0 Å². The van der Waals surface area contributed by atoms with Crippen LogP contribution in [-0.2, 0) is 4.79 Å². The third kappa shape index (κ3) is 2.67. The number of para-hydroxylation sites is 1. The standard InChI is InChI=1S/C23H16O7/c1-27-16-6-3-2-5-12(16)14-11-29-23-20-13(17-7-4-8-28-17)9-19(25)30-18(20)10-15(24)21(23)22(14)26/h2-8,10-11,13,24H,9H2,1H3/t13-/m1/s1. The first-order chi connectivity index (χ1) is 14.6. The molecule has 1 aliphatic heterocycles. The number of hydrogen-bond acceptors (Lipinski definition) is 7. The maximum Gasteiger partial charge on any atom is 0.312 e. The van der Waals surface area contributed by atoms with E-state index in [0.717, 1.165) is 0 Å². The van der Waals surface area contributed by atoms with Crippen molar-refractivity contribution in [2.45, 2.75) is 12.3 Å². The summed E-state index contributed by atoms with van der Waals surface area (Å²) in [6.45, 7) is 0. The van der Waals surface area contributed by atoms with Gasteiger partial charge in [-0.2, -0.15) is 0 Å². The highest BCUT2D eigenvalue weighted by molar-refractivity contribution is 5.94. The van der Waals surface area contributed by atoms with E-state index < -0.39 is 17.3 Å². The van der Waals surface area contributed by atoms with Crippen molar-refractivity contribution in [1.82, 2.24) is 0 Å². The maximum atomic E-state index is 13.4. The van der Waals surface area contributed by atoms with Crippen molar-refractivity contribution in [1.29, 1.82) is 0 Å². The molecule has 3 heterocycles. The molecule has 1 atom stereocenters. The maximum absolute atomic E-state index is 13.4. The molecule has 1 aliphatic rings. The third-order valence-electron chi connectivity index (χ3n) is 5.25. The summed E-state index contributed by atoms with van der Waals surface area (Å²) < 4.78 is 22.0. The number of phenols is 1. The number of fused-ring (bicyclic) bond motifs is 3. The minimum absolute atomic E-state index is 0.00617. The van der Waals surface area contributed by atoms with Gasteiger partial charge in [0.15, 0.2) is 0 Å². The first-order valence-corrected chi connectivity index (χ1v) is 9.27. The number of phenolic OH excluding ortho intramolecular Hbond substituents is 1. The van der Waals surface area contributed by atoms with Gasteiger partial charge in [0.05, 0.1) is 31.3 Å². The van der Waals surface area contributed by atoms with Gasteiger partial charge in [0.1, 0.15) is 40.2 Å². The average Bonchev–Trinajstić information content (AvgIpc) is 3.28. The van der Waals surface area contributed by atoms with Gasteiger partial charge in [-0.3, -0.25) is 9.59 Å². The quantitative estimate of drug-likeness (QED) is 0.403. The number of hydrogen-bond donors (Lipinski definition) is 1. The molecule has 7 nitrogen and oxygen atoms in total. The Morgan fingerprint density at radius 3 is 2.67 bits per heavy atom. The number of furan rings is 1. The Morgan fingerprint density at radius 1 is 1.07 bits per heavy atom. The first-order valence-electron chi connectivity index (χ1n) is 9.27. The van der Waals surface area contributed by atoms with Crippen LogP contribution in [0.15, 0.2) is 68.6 Å². The SMILES string of the molecule is COc1ccccc1-c1coc2c3c(cc(O)c2c1=O)OC(=O)C[C@@H]3c1ccco1. The smallest absolute Gasteiger partial charge is 0.312 e. The molecule has 0 spiro atoms. The van der Waals surface area contributed by atoms with E-state index in [1.54, 1.807) is 36.4 Å². The molecule has 0 saturated carbocycles. The van der Waals surface area contributed by atoms with Gasteiger partial charge in [-0.25, -0.2) is 0 Å². The van der Waals surface area contributed by atoms with Crippen LogP contribution in [-0.4, -0.2) is 18.2 Å². The molecule has 150 valence electrons. The second-order valence-electron chi connectivity index (χ2n) is 6.94. The lowest BCUT2D eigenvalue weighted by Gasteiger charge is -2.24. The van der Waals surface area contributed by atoms with Crippen molar-refractivity contribution >= 4 is 16.9 Å². The molecule has 0 bridgehead atoms. The highest BCUT2D eigenvalue weighted by Gasteiger charge is 2.35. The van der Waals surface area contributed by atoms with Crippen LogP contribution in [0.2, 0.25) is 0 Å². The number of rotatable bonds is 3. The van der Waals surface area contributed by atoms with Crippen LogP contribution in [0.5, 0.6) is 17.2 Å². The van der Waals surface area contributed by atoms with E-state index in [2.05, 4.69) is 0 Å². The van der Waals surface area contributed by atoms with Gasteiger partial charge in [-0.1, -0.05) is 18.2 Å². The lowest BCUT2D eigenvalue weighted by atomic mass is 9.88. The van der Waals surface area contributed by atoms with Crippen molar-refractivity contribution in [3.05, 3.63) is 76.5 Å². The van der Waals surface area contributed by atoms with Gasteiger partial charge in [0, 0.05) is 17.2 Å². The molecule has 5 rings (SSSR count). The van der Waals surface area contributed by atoms with Gasteiger partial charge in [0.25, 0.3) is 0 Å². The Morgan fingerprint density at radius 2 is 1.90 bits per heavy atom. The Balaban J connectivity index is 1.81. The topological polar surface area (TPSA) is 99.1 Å². The summed E-state index contributed by atoms with van der Waals surface area (Å²) in [6, 6.07) is 11.8. The summed E-state index contributed by atoms with van der Waals surface area (Å²) >= 11 is 0. The van der Waals surface area contributed by atoms with E-state index in [4.69, 9.17) is 18.3 Å². The van der Waals surface area contributed by atoms with Crippen molar-refractivity contribution in [2.24, 2.45) is 0 Å². The second kappa shape index (κ2) is 6.81. The van der Waals surface area contributed by atoms with E-state index in [-0.39, 0.29) is 34.5 Å². The lowest BCUT2D eigenvalue weighted by Crippen LogP contribution is -2.21. The Kier molecular flexibility index (Phi) is 4.10. The highest BCUT2D eigenvalue weighted by Crippen LogP contribution is 2.45. The largest absolute Gasteiger partial charge is 0.507 e. The first kappa shape index (κ1) is 18.1. The van der Waals surface area contributed by atoms with E-state index in [1.165, 1.54) is 25.7 Å². The molecule has 0 radical (unpaired) electrons. The summed E-state index contributed by atoms with van der Waals surface area (Å²) in [5.41, 5.74) is 1.01. The fraction of sp³-hybridized carbons (Fsp3) is 0.130. The van der Waals surface area contributed by atoms with Crippen molar-refractivity contribution < 1.29 is 28.2 Å². The van der Waals surface area contributed by atoms with Gasteiger partial charge in [0.2, 0.25) is 5.43 Å². The van der Waals surface area contributed by atoms with Crippen LogP contribution in [0.25, 0.3) is 22.1 Å². The van der Waals surface area contributed by atoms with Crippen LogP contribution < -0.4 is 14.9 Å². The van der Waals surface area contributed by atoms with E-state index in [1.807, 2.05) is 0 Å². The Bertz CT molecular complexity index is 1330. The molecule has 0 amide bonds.